The molecule has 0 atom stereocenters. The van der Waals surface area contributed by atoms with Gasteiger partial charge < -0.3 is 5.73 Å². The van der Waals surface area contributed by atoms with E-state index >= 15 is 0 Å². The molecule has 2 aromatic heterocycles. The Labute approximate surface area is 140 Å². The molecule has 3 rings (SSSR count). The van der Waals surface area contributed by atoms with E-state index in [4.69, 9.17) is 5.73 Å². The summed E-state index contributed by atoms with van der Waals surface area (Å²) in [4.78, 5) is 6.68. The standard InChI is InChI=1S/C19H17N3S/c1-11-4-6-14(8-12(11)2)17-9-15(16(10-20)19(21)22-17)18-7-5-13(3)23-18/h4-9H,1-3H3,(H2,21,22). The first-order chi connectivity index (χ1) is 11.0. The van der Waals surface area contributed by atoms with E-state index in [1.807, 2.05) is 24.3 Å². The molecule has 0 radical (unpaired) electrons. The number of pyridine rings is 1. The zero-order valence-electron chi connectivity index (χ0n) is 13.3. The van der Waals surface area contributed by atoms with Gasteiger partial charge in [0.2, 0.25) is 0 Å². The maximum atomic E-state index is 9.44. The summed E-state index contributed by atoms with van der Waals surface area (Å²) in [7, 11) is 0. The van der Waals surface area contributed by atoms with Crippen molar-refractivity contribution in [2.75, 3.05) is 5.73 Å². The first-order valence-electron chi connectivity index (χ1n) is 7.34. The Balaban J connectivity index is 2.22. The Hall–Kier alpha value is -2.64. The Morgan fingerprint density at radius 2 is 1.83 bits per heavy atom. The van der Waals surface area contributed by atoms with Gasteiger partial charge in [0.15, 0.2) is 0 Å². The molecule has 3 nitrogen and oxygen atoms in total. The molecule has 1 aromatic carbocycles. The van der Waals surface area contributed by atoms with Crippen molar-refractivity contribution in [1.29, 1.82) is 5.26 Å². The highest BCUT2D eigenvalue weighted by Gasteiger charge is 2.14. The molecule has 0 saturated heterocycles. The lowest BCUT2D eigenvalue weighted by molar-refractivity contribution is 1.29. The lowest BCUT2D eigenvalue weighted by Gasteiger charge is -2.10. The van der Waals surface area contributed by atoms with Crippen LogP contribution in [0.25, 0.3) is 21.7 Å². The van der Waals surface area contributed by atoms with Gasteiger partial charge in [0, 0.05) is 20.9 Å². The molecule has 0 aliphatic heterocycles. The predicted molar refractivity (Wildman–Crippen MR) is 96.3 cm³/mol. The van der Waals surface area contributed by atoms with E-state index in [-0.39, 0.29) is 5.82 Å². The fraction of sp³-hybridized carbons (Fsp3) is 0.158. The van der Waals surface area contributed by atoms with Crippen LogP contribution < -0.4 is 5.73 Å². The van der Waals surface area contributed by atoms with E-state index in [1.54, 1.807) is 11.3 Å². The van der Waals surface area contributed by atoms with Gasteiger partial charge in [-0.3, -0.25) is 0 Å². The van der Waals surface area contributed by atoms with Crippen LogP contribution in [-0.4, -0.2) is 4.98 Å². The quantitative estimate of drug-likeness (QED) is 0.734. The molecule has 0 unspecified atom stereocenters. The minimum absolute atomic E-state index is 0.282. The van der Waals surface area contributed by atoms with Crippen molar-refractivity contribution >= 4 is 17.2 Å². The lowest BCUT2D eigenvalue weighted by Crippen LogP contribution is -1.99. The summed E-state index contributed by atoms with van der Waals surface area (Å²) in [5.74, 6) is 0.282. The van der Waals surface area contributed by atoms with Crippen molar-refractivity contribution in [2.45, 2.75) is 20.8 Å². The zero-order chi connectivity index (χ0) is 16.6. The number of nitrogen functional groups attached to an aromatic ring is 1. The summed E-state index contributed by atoms with van der Waals surface area (Å²) >= 11 is 1.65. The molecule has 3 aromatic rings. The van der Waals surface area contributed by atoms with Gasteiger partial charge in [-0.05, 0) is 56.2 Å². The number of hydrogen-bond acceptors (Lipinski definition) is 4. The van der Waals surface area contributed by atoms with Crippen LogP contribution in [-0.2, 0) is 0 Å². The molecule has 2 heterocycles. The molecular formula is C19H17N3S. The average Bonchev–Trinajstić information content (AvgIpc) is 2.95. The number of anilines is 1. The fourth-order valence-electron chi connectivity index (χ4n) is 2.50. The van der Waals surface area contributed by atoms with Gasteiger partial charge in [-0.2, -0.15) is 5.26 Å². The second-order valence-electron chi connectivity index (χ2n) is 5.64. The highest BCUT2D eigenvalue weighted by atomic mass is 32.1. The van der Waals surface area contributed by atoms with Gasteiger partial charge in [-0.1, -0.05) is 12.1 Å². The Morgan fingerprint density at radius 3 is 2.43 bits per heavy atom. The summed E-state index contributed by atoms with van der Waals surface area (Å²) in [6, 6.07) is 14.5. The number of nitrogens with two attached hydrogens (primary N) is 1. The SMILES string of the molecule is Cc1ccc(-c2cc(-c3ccc(C)c(C)c3)nc(N)c2C#N)s1. The fourth-order valence-corrected chi connectivity index (χ4v) is 3.39. The van der Waals surface area contributed by atoms with Crippen LogP contribution in [0.1, 0.15) is 21.6 Å². The highest BCUT2D eigenvalue weighted by molar-refractivity contribution is 7.15. The molecule has 0 aliphatic carbocycles. The van der Waals surface area contributed by atoms with Gasteiger partial charge in [0.1, 0.15) is 17.5 Å². The number of nitrogens with zero attached hydrogens (tertiary/aromatic N) is 2. The van der Waals surface area contributed by atoms with Crippen molar-refractivity contribution in [3.8, 4) is 27.8 Å². The number of thiophene rings is 1. The molecule has 4 heteroatoms. The van der Waals surface area contributed by atoms with Crippen LogP contribution in [0.2, 0.25) is 0 Å². The lowest BCUT2D eigenvalue weighted by atomic mass is 10.0. The number of rotatable bonds is 2. The van der Waals surface area contributed by atoms with E-state index in [9.17, 15) is 5.26 Å². The van der Waals surface area contributed by atoms with E-state index in [2.05, 4.69) is 44.0 Å². The monoisotopic (exact) mass is 319 g/mol. The Bertz CT molecular complexity index is 932. The van der Waals surface area contributed by atoms with Gasteiger partial charge >= 0.3 is 0 Å². The van der Waals surface area contributed by atoms with Crippen molar-refractivity contribution in [1.82, 2.24) is 4.98 Å². The molecule has 0 amide bonds. The second-order valence-corrected chi connectivity index (χ2v) is 6.92. The van der Waals surface area contributed by atoms with Crippen molar-refractivity contribution < 1.29 is 0 Å². The Morgan fingerprint density at radius 1 is 1.04 bits per heavy atom. The number of hydrogen-bond donors (Lipinski definition) is 1. The molecule has 0 fully saturated rings. The average molecular weight is 319 g/mol. The smallest absolute Gasteiger partial charge is 0.142 e. The first kappa shape index (κ1) is 15.3. The predicted octanol–water partition coefficient (Wildman–Crippen LogP) is 4.86. The van der Waals surface area contributed by atoms with E-state index < -0.39 is 0 Å². The molecule has 114 valence electrons. The van der Waals surface area contributed by atoms with Gasteiger partial charge in [-0.25, -0.2) is 4.98 Å². The summed E-state index contributed by atoms with van der Waals surface area (Å²) in [6.45, 7) is 6.21. The van der Waals surface area contributed by atoms with Gasteiger partial charge in [0.05, 0.1) is 5.69 Å². The Kier molecular flexibility index (Phi) is 3.89. The van der Waals surface area contributed by atoms with Crippen molar-refractivity contribution in [3.05, 3.63) is 58.0 Å². The number of benzene rings is 1. The van der Waals surface area contributed by atoms with Gasteiger partial charge in [0.25, 0.3) is 0 Å². The molecular weight excluding hydrogens is 302 g/mol. The normalized spacial score (nSPS) is 10.5. The third-order valence-electron chi connectivity index (χ3n) is 3.97. The molecule has 23 heavy (non-hydrogen) atoms. The van der Waals surface area contributed by atoms with E-state index in [0.29, 0.717) is 5.56 Å². The van der Waals surface area contributed by atoms with Crippen LogP contribution in [0.15, 0.2) is 36.4 Å². The molecule has 0 saturated carbocycles. The van der Waals surface area contributed by atoms with Crippen LogP contribution in [0, 0.1) is 32.1 Å². The largest absolute Gasteiger partial charge is 0.383 e. The van der Waals surface area contributed by atoms with E-state index in [0.717, 1.165) is 21.7 Å². The third-order valence-corrected chi connectivity index (χ3v) is 5.00. The summed E-state index contributed by atoms with van der Waals surface area (Å²) in [5, 5.41) is 9.44. The van der Waals surface area contributed by atoms with Crippen LogP contribution >= 0.6 is 11.3 Å². The summed E-state index contributed by atoms with van der Waals surface area (Å²) < 4.78 is 0. The van der Waals surface area contributed by atoms with Crippen LogP contribution in [0.3, 0.4) is 0 Å². The summed E-state index contributed by atoms with van der Waals surface area (Å²) in [6.07, 6.45) is 0. The maximum Gasteiger partial charge on any atom is 0.142 e. The van der Waals surface area contributed by atoms with Crippen molar-refractivity contribution in [2.24, 2.45) is 0 Å². The zero-order valence-corrected chi connectivity index (χ0v) is 14.2. The van der Waals surface area contributed by atoms with E-state index in [1.165, 1.54) is 16.0 Å². The van der Waals surface area contributed by atoms with Crippen LogP contribution in [0.5, 0.6) is 0 Å². The minimum atomic E-state index is 0.282. The molecule has 2 N–H and O–H groups in total. The molecule has 0 bridgehead atoms. The van der Waals surface area contributed by atoms with Gasteiger partial charge in [-0.15, -0.1) is 11.3 Å². The minimum Gasteiger partial charge on any atom is -0.383 e. The molecule has 0 spiro atoms. The number of aromatic nitrogens is 1. The van der Waals surface area contributed by atoms with Crippen molar-refractivity contribution in [3.63, 3.8) is 0 Å². The maximum absolute atomic E-state index is 9.44. The topological polar surface area (TPSA) is 62.7 Å². The number of nitriles is 1. The van der Waals surface area contributed by atoms with Crippen LogP contribution in [0.4, 0.5) is 5.82 Å². The first-order valence-corrected chi connectivity index (χ1v) is 8.16. The molecule has 0 aliphatic rings. The number of aryl methyl sites for hydroxylation is 3. The summed E-state index contributed by atoms with van der Waals surface area (Å²) in [5.41, 5.74) is 11.6. The second kappa shape index (κ2) is 5.86. The highest BCUT2D eigenvalue weighted by Crippen LogP contribution is 2.35. The third kappa shape index (κ3) is 2.84.